The zero-order chi connectivity index (χ0) is 32.9. The fraction of sp³-hybridized carbons (Fsp3) is 0.293. The predicted octanol–water partition coefficient (Wildman–Crippen LogP) is 12.9. The van der Waals surface area contributed by atoms with E-state index in [9.17, 15) is 0 Å². The van der Waals surface area contributed by atoms with Crippen molar-refractivity contribution in [3.05, 3.63) is 152 Å². The molecule has 246 valence electrons. The molecule has 4 aromatic rings. The molecule has 0 spiro atoms. The summed E-state index contributed by atoms with van der Waals surface area (Å²) in [6.07, 6.45) is 11.0. The molecule has 0 N–H and O–H groups in total. The Morgan fingerprint density at radius 1 is 0.717 bits per heavy atom. The van der Waals surface area contributed by atoms with Gasteiger partial charge >= 0.3 is 28.4 Å². The number of allylic oxidation sites excluding steroid dienone is 4. The third-order valence-corrected chi connectivity index (χ3v) is 8.08. The van der Waals surface area contributed by atoms with E-state index in [1.165, 1.54) is 68.7 Å². The van der Waals surface area contributed by atoms with Crippen LogP contribution in [0.5, 0.6) is 0 Å². The van der Waals surface area contributed by atoms with Crippen molar-refractivity contribution in [2.45, 2.75) is 79.1 Å². The molecule has 2 aliphatic rings. The van der Waals surface area contributed by atoms with Gasteiger partial charge in [0.25, 0.3) is 0 Å². The molecule has 6 rings (SSSR count). The standard InChI is InChI=1S/C23H29.2C6H4Br.C5H5.CH2.2ClH.Zr/c1-14-9-16-11-17-10-15(2)21(23(6,7)8)13-19(17)18(16)12-20(14)22(3,4)5;2*7-6-4-2-1-3-5-6;1-2-4-5-3-1;;;;/h9,12-13H,11H2,1-8H3;2*2-5H;1-3H,4H2;1H2;2*1H;/q4*-1;;;;. The number of fused-ring (bicyclic) bond motifs is 3. The van der Waals surface area contributed by atoms with E-state index in [-0.39, 0.29) is 35.6 Å². The third-order valence-electron chi connectivity index (χ3n) is 7.02. The van der Waals surface area contributed by atoms with Crippen molar-refractivity contribution in [1.29, 1.82) is 0 Å². The molecule has 0 heterocycles. The van der Waals surface area contributed by atoms with Crippen LogP contribution in [0.25, 0.3) is 11.1 Å². The zero-order valence-corrected chi connectivity index (χ0v) is 35.5. The van der Waals surface area contributed by atoms with E-state index in [1.54, 1.807) is 0 Å². The van der Waals surface area contributed by atoms with E-state index in [0.29, 0.717) is 0 Å². The molecule has 0 radical (unpaired) electrons. The molecule has 46 heavy (non-hydrogen) atoms. The molecule has 2 aliphatic carbocycles. The number of rotatable bonds is 0. The van der Waals surface area contributed by atoms with Crippen molar-refractivity contribution < 1.29 is 24.2 Å². The average Bonchev–Trinajstić information content (AvgIpc) is 3.65. The summed E-state index contributed by atoms with van der Waals surface area (Å²) in [5, 5.41) is 0. The first-order valence-corrected chi connectivity index (χ1v) is 18.1. The van der Waals surface area contributed by atoms with Crippen LogP contribution in [0.1, 0.15) is 81.3 Å². The molecule has 0 fully saturated rings. The van der Waals surface area contributed by atoms with E-state index < -0.39 is 0 Å². The molecule has 0 saturated carbocycles. The van der Waals surface area contributed by atoms with Gasteiger partial charge in [0.2, 0.25) is 0 Å². The fourth-order valence-electron chi connectivity index (χ4n) is 5.10. The molecule has 5 heteroatoms. The van der Waals surface area contributed by atoms with Crippen LogP contribution in [0, 0.1) is 38.1 Å². The second-order valence-electron chi connectivity index (χ2n) is 12.6. The molecule has 0 saturated heterocycles. The molecule has 0 unspecified atom stereocenters. The summed E-state index contributed by atoms with van der Waals surface area (Å²) >= 11 is 7.88. The van der Waals surface area contributed by atoms with Gasteiger partial charge in [0.15, 0.2) is 0 Å². The first-order chi connectivity index (χ1) is 20.8. The molecule has 0 aromatic heterocycles. The Hall–Kier alpha value is -1.35. The van der Waals surface area contributed by atoms with Crippen molar-refractivity contribution in [1.82, 2.24) is 0 Å². The van der Waals surface area contributed by atoms with Crippen LogP contribution in [0.15, 0.2) is 93.9 Å². The summed E-state index contributed by atoms with van der Waals surface area (Å²) in [7, 11) is 0. The van der Waals surface area contributed by atoms with Crippen molar-refractivity contribution in [3.63, 3.8) is 0 Å². The van der Waals surface area contributed by atoms with E-state index in [4.69, 9.17) is 0 Å². The van der Waals surface area contributed by atoms with Crippen LogP contribution < -0.4 is 0 Å². The number of hydrogen-bond acceptors (Lipinski definition) is 0. The molecule has 0 amide bonds. The van der Waals surface area contributed by atoms with Gasteiger partial charge in [0.05, 0.1) is 0 Å². The average molecular weight is 861 g/mol. The van der Waals surface area contributed by atoms with Crippen molar-refractivity contribution in [3.8, 4) is 11.1 Å². The predicted molar refractivity (Wildman–Crippen MR) is 210 cm³/mol. The van der Waals surface area contributed by atoms with E-state index in [0.717, 1.165) is 21.8 Å². The van der Waals surface area contributed by atoms with Gasteiger partial charge < -0.3 is 0 Å². The van der Waals surface area contributed by atoms with Gasteiger partial charge in [0.1, 0.15) is 0 Å². The molecule has 0 bridgehead atoms. The molecule has 4 aromatic carbocycles. The van der Waals surface area contributed by atoms with Gasteiger partial charge in [-0.05, 0) is 35.4 Å². The van der Waals surface area contributed by atoms with Crippen LogP contribution in [0.4, 0.5) is 0 Å². The summed E-state index contributed by atoms with van der Waals surface area (Å²) in [6, 6.07) is 32.0. The van der Waals surface area contributed by atoms with Gasteiger partial charge in [-0.1, -0.05) is 112 Å². The summed E-state index contributed by atoms with van der Waals surface area (Å²) in [5.74, 6) is 0. The van der Waals surface area contributed by atoms with E-state index in [2.05, 4.69) is 140 Å². The minimum absolute atomic E-state index is 0. The maximum absolute atomic E-state index is 3.69. The molecular weight excluding hydrogens is 814 g/mol. The SMILES string of the molecule is Brc1cc[c-]cc1.Brc1cc[c-]cc1.Cc1[c-]c2c(cc1C(C)(C)C)-c1cc(C(C)(C)C)c(C)cc1C2.Cl.Cl.[C-]1=CC=CC1.[CH2]=[Zr]. The number of benzene rings is 4. The Bertz CT molecular complexity index is 1420. The van der Waals surface area contributed by atoms with Crippen molar-refractivity contribution in [2.75, 3.05) is 0 Å². The van der Waals surface area contributed by atoms with Crippen molar-refractivity contribution in [2.24, 2.45) is 0 Å². The van der Waals surface area contributed by atoms with Crippen LogP contribution in [-0.4, -0.2) is 4.21 Å². The first kappa shape index (κ1) is 44.7. The van der Waals surface area contributed by atoms with Gasteiger partial charge in [-0.25, -0.2) is 12.2 Å². The molecule has 0 nitrogen and oxygen atoms in total. The summed E-state index contributed by atoms with van der Waals surface area (Å²) in [6.45, 7) is 18.2. The molecular formula is C41H46Br2Cl2Zr-4. The van der Waals surface area contributed by atoms with E-state index in [1.807, 2.05) is 60.7 Å². The minimum atomic E-state index is 0. The molecule has 0 atom stereocenters. The number of halogens is 4. The van der Waals surface area contributed by atoms with Gasteiger partial charge in [-0.3, -0.25) is 6.08 Å². The Balaban J connectivity index is 0.000000716. The second-order valence-corrected chi connectivity index (χ2v) is 14.5. The van der Waals surface area contributed by atoms with Crippen LogP contribution in [0.3, 0.4) is 0 Å². The second kappa shape index (κ2) is 21.6. The van der Waals surface area contributed by atoms with Crippen LogP contribution in [-0.2, 0) is 41.5 Å². The van der Waals surface area contributed by atoms with Crippen LogP contribution in [0.2, 0.25) is 0 Å². The summed E-state index contributed by atoms with van der Waals surface area (Å²) < 4.78 is 5.55. The normalized spacial score (nSPS) is 11.6. The Kier molecular flexibility index (Phi) is 21.0. The number of aryl methyl sites for hydroxylation is 2. The van der Waals surface area contributed by atoms with E-state index >= 15 is 0 Å². The Labute approximate surface area is 324 Å². The Morgan fingerprint density at radius 2 is 1.20 bits per heavy atom. The quantitative estimate of drug-likeness (QED) is 0.136. The molecule has 0 aliphatic heterocycles. The van der Waals surface area contributed by atoms with Gasteiger partial charge in [0, 0.05) is 0 Å². The maximum atomic E-state index is 3.69. The summed E-state index contributed by atoms with van der Waals surface area (Å²) in [5.41, 5.74) is 11.6. The number of hydrogen-bond donors (Lipinski definition) is 0. The van der Waals surface area contributed by atoms with Crippen molar-refractivity contribution >= 4 is 60.9 Å². The fourth-order valence-corrected chi connectivity index (χ4v) is 5.62. The van der Waals surface area contributed by atoms with Gasteiger partial charge in [-0.15, -0.1) is 47.9 Å². The first-order valence-electron chi connectivity index (χ1n) is 14.8. The summed E-state index contributed by atoms with van der Waals surface area (Å²) in [4.78, 5) is 0. The topological polar surface area (TPSA) is 0 Å². The zero-order valence-electron chi connectivity index (χ0n) is 28.3. The monoisotopic (exact) mass is 856 g/mol. The third kappa shape index (κ3) is 14.4. The van der Waals surface area contributed by atoms with Crippen LogP contribution >= 0.6 is 56.7 Å². The van der Waals surface area contributed by atoms with Gasteiger partial charge in [-0.2, -0.15) is 84.4 Å². The Morgan fingerprint density at radius 3 is 1.54 bits per heavy atom.